The molecule has 0 fully saturated rings. The zero-order chi connectivity index (χ0) is 10.8. The Kier molecular flexibility index (Phi) is 2.55. The van der Waals surface area contributed by atoms with Gasteiger partial charge in [-0.15, -0.1) is 5.11 Å². The van der Waals surface area contributed by atoms with Crippen molar-refractivity contribution in [3.05, 3.63) is 29.8 Å². The van der Waals surface area contributed by atoms with Crippen LogP contribution in [0.4, 0.5) is 5.69 Å². The van der Waals surface area contributed by atoms with Crippen LogP contribution in [0.2, 0.25) is 0 Å². The monoisotopic (exact) mass is 205 g/mol. The highest BCUT2D eigenvalue weighted by Gasteiger charge is 2.21. The summed E-state index contributed by atoms with van der Waals surface area (Å²) in [6.45, 7) is 4.10. The largest absolute Gasteiger partial charge is 0.399 e. The summed E-state index contributed by atoms with van der Waals surface area (Å²) < 4.78 is 0. The van der Waals surface area contributed by atoms with Crippen molar-refractivity contribution in [1.82, 2.24) is 10.5 Å². The van der Waals surface area contributed by atoms with Crippen molar-refractivity contribution >= 4 is 5.69 Å². The first-order valence-electron chi connectivity index (χ1n) is 4.98. The second kappa shape index (κ2) is 3.86. The van der Waals surface area contributed by atoms with Crippen molar-refractivity contribution < 1.29 is 0 Å². The number of benzene rings is 1. The highest BCUT2D eigenvalue weighted by Crippen LogP contribution is 2.22. The smallest absolute Gasteiger partial charge is 0.166 e. The van der Waals surface area contributed by atoms with E-state index < -0.39 is 0 Å². The Morgan fingerprint density at radius 3 is 2.87 bits per heavy atom. The van der Waals surface area contributed by atoms with E-state index in [9.17, 15) is 0 Å². The molecule has 0 bridgehead atoms. The van der Waals surface area contributed by atoms with Gasteiger partial charge >= 0.3 is 0 Å². The van der Waals surface area contributed by atoms with Crippen LogP contribution in [0.3, 0.4) is 0 Å². The third kappa shape index (κ3) is 2.07. The molecule has 2 rings (SSSR count). The van der Waals surface area contributed by atoms with Gasteiger partial charge in [-0.05, 0) is 31.5 Å². The van der Waals surface area contributed by atoms with Gasteiger partial charge in [-0.3, -0.25) is 0 Å². The van der Waals surface area contributed by atoms with E-state index in [-0.39, 0.29) is 6.17 Å². The van der Waals surface area contributed by atoms with Gasteiger partial charge in [0.2, 0.25) is 0 Å². The molecule has 15 heavy (non-hydrogen) atoms. The lowest BCUT2D eigenvalue weighted by atomic mass is 10.1. The fourth-order valence-corrected chi connectivity index (χ4v) is 1.41. The lowest BCUT2D eigenvalue weighted by molar-refractivity contribution is 0.162. The molecule has 0 amide bonds. The van der Waals surface area contributed by atoms with Gasteiger partial charge in [-0.1, -0.05) is 17.4 Å². The molecule has 1 aliphatic heterocycles. The van der Waals surface area contributed by atoms with Crippen molar-refractivity contribution in [2.45, 2.75) is 26.1 Å². The van der Waals surface area contributed by atoms with Gasteiger partial charge in [-0.2, -0.15) is 5.43 Å². The van der Waals surface area contributed by atoms with Gasteiger partial charge in [0.15, 0.2) is 6.17 Å². The molecule has 0 spiro atoms. The number of hydrogen-bond donors (Lipinski definition) is 2. The predicted octanol–water partition coefficient (Wildman–Crippen LogP) is 1.86. The van der Waals surface area contributed by atoms with E-state index >= 15 is 0 Å². The van der Waals surface area contributed by atoms with Crippen molar-refractivity contribution in [3.8, 4) is 0 Å². The van der Waals surface area contributed by atoms with Crippen LogP contribution < -0.4 is 11.2 Å². The van der Waals surface area contributed by atoms with E-state index in [0.717, 1.165) is 11.3 Å². The van der Waals surface area contributed by atoms with Crippen molar-refractivity contribution in [1.29, 1.82) is 0 Å². The Bertz CT molecular complexity index is 374. The van der Waals surface area contributed by atoms with Gasteiger partial charge in [0.05, 0.1) is 6.04 Å². The summed E-state index contributed by atoms with van der Waals surface area (Å²) >= 11 is 0. The van der Waals surface area contributed by atoms with E-state index in [2.05, 4.69) is 15.8 Å². The molecule has 3 N–H and O–H groups in total. The lowest BCUT2D eigenvalue weighted by Gasteiger charge is -2.18. The maximum Gasteiger partial charge on any atom is 0.166 e. The van der Waals surface area contributed by atoms with Crippen LogP contribution in [0.1, 0.15) is 25.6 Å². The van der Waals surface area contributed by atoms with E-state index in [1.54, 1.807) is 5.12 Å². The highest BCUT2D eigenvalue weighted by molar-refractivity contribution is 5.41. The summed E-state index contributed by atoms with van der Waals surface area (Å²) in [7, 11) is 0. The maximum atomic E-state index is 5.71. The molecule has 0 radical (unpaired) electrons. The van der Waals surface area contributed by atoms with Crippen molar-refractivity contribution in [2.24, 2.45) is 10.3 Å². The summed E-state index contributed by atoms with van der Waals surface area (Å²) in [6, 6.07) is 7.95. The molecule has 0 saturated carbocycles. The molecule has 5 heteroatoms. The van der Waals surface area contributed by atoms with Crippen molar-refractivity contribution in [2.75, 3.05) is 5.73 Å². The van der Waals surface area contributed by atoms with E-state index in [4.69, 9.17) is 5.73 Å². The van der Waals surface area contributed by atoms with Gasteiger partial charge in [-0.25, -0.2) is 5.12 Å². The average Bonchev–Trinajstić information content (AvgIpc) is 2.66. The number of hydrazine groups is 1. The number of nitrogens with zero attached hydrogens (tertiary/aromatic N) is 3. The molecule has 1 unspecified atom stereocenters. The van der Waals surface area contributed by atoms with Crippen LogP contribution >= 0.6 is 0 Å². The number of nitrogens with two attached hydrogens (primary N) is 1. The topological polar surface area (TPSA) is 66.0 Å². The summed E-state index contributed by atoms with van der Waals surface area (Å²) in [5.41, 5.74) is 10.7. The fraction of sp³-hybridized carbons (Fsp3) is 0.400. The maximum absolute atomic E-state index is 5.71. The molecule has 1 aromatic rings. The molecule has 1 aromatic carbocycles. The first-order chi connectivity index (χ1) is 7.16. The third-order valence-electron chi connectivity index (χ3n) is 2.23. The Morgan fingerprint density at radius 1 is 1.47 bits per heavy atom. The molecule has 1 aliphatic rings. The molecule has 80 valence electrons. The Balaban J connectivity index is 2.12. The molecular weight excluding hydrogens is 190 g/mol. The number of rotatable bonds is 2. The highest BCUT2D eigenvalue weighted by atomic mass is 15.8. The zero-order valence-corrected chi connectivity index (χ0v) is 8.88. The minimum atomic E-state index is -0.115. The second-order valence-corrected chi connectivity index (χ2v) is 3.84. The molecule has 0 aromatic heterocycles. The first-order valence-corrected chi connectivity index (χ1v) is 4.98. The molecule has 0 saturated heterocycles. The Labute approximate surface area is 88.9 Å². The standard InChI is InChI=1S/C10H15N5/c1-7(2)15-13-10(12-14-15)8-4-3-5-9(11)6-8/h3-7,10,13H,11H2,1-2H3. The van der Waals surface area contributed by atoms with E-state index in [1.165, 1.54) is 0 Å². The molecule has 1 heterocycles. The Hall–Kier alpha value is -1.62. The van der Waals surface area contributed by atoms with Crippen LogP contribution in [-0.2, 0) is 0 Å². The van der Waals surface area contributed by atoms with Crippen LogP contribution in [0.15, 0.2) is 34.6 Å². The normalized spacial score (nSPS) is 20.2. The molecule has 5 nitrogen and oxygen atoms in total. The molecular formula is C10H15N5. The molecule has 0 aliphatic carbocycles. The summed E-state index contributed by atoms with van der Waals surface area (Å²) in [6.07, 6.45) is -0.115. The quantitative estimate of drug-likeness (QED) is 0.724. The number of anilines is 1. The van der Waals surface area contributed by atoms with Crippen molar-refractivity contribution in [3.63, 3.8) is 0 Å². The third-order valence-corrected chi connectivity index (χ3v) is 2.23. The van der Waals surface area contributed by atoms with Gasteiger partial charge < -0.3 is 5.73 Å². The van der Waals surface area contributed by atoms with Crippen LogP contribution in [0.5, 0.6) is 0 Å². The van der Waals surface area contributed by atoms with Gasteiger partial charge in [0, 0.05) is 5.69 Å². The zero-order valence-electron chi connectivity index (χ0n) is 8.88. The van der Waals surface area contributed by atoms with E-state index in [1.807, 2.05) is 38.1 Å². The first kappa shape index (κ1) is 9.92. The second-order valence-electron chi connectivity index (χ2n) is 3.84. The summed E-state index contributed by atoms with van der Waals surface area (Å²) in [5, 5.41) is 9.91. The minimum Gasteiger partial charge on any atom is -0.399 e. The van der Waals surface area contributed by atoms with Crippen LogP contribution in [-0.4, -0.2) is 11.2 Å². The molecule has 1 atom stereocenters. The fourth-order valence-electron chi connectivity index (χ4n) is 1.41. The summed E-state index contributed by atoms with van der Waals surface area (Å²) in [4.78, 5) is 0. The SMILES string of the molecule is CC(C)N1N=NC(c2cccc(N)c2)N1. The number of hydrogen-bond acceptors (Lipinski definition) is 5. The van der Waals surface area contributed by atoms with Gasteiger partial charge in [0.25, 0.3) is 0 Å². The van der Waals surface area contributed by atoms with Crippen LogP contribution in [0.25, 0.3) is 0 Å². The minimum absolute atomic E-state index is 0.115. The Morgan fingerprint density at radius 2 is 2.27 bits per heavy atom. The average molecular weight is 205 g/mol. The van der Waals surface area contributed by atoms with E-state index in [0.29, 0.717) is 6.04 Å². The predicted molar refractivity (Wildman–Crippen MR) is 58.6 cm³/mol. The number of nitrogens with one attached hydrogen (secondary N) is 1. The number of nitrogen functional groups attached to an aromatic ring is 1. The van der Waals surface area contributed by atoms with Crippen LogP contribution in [0, 0.1) is 0 Å². The summed E-state index contributed by atoms with van der Waals surface area (Å²) in [5.74, 6) is 0. The van der Waals surface area contributed by atoms with Gasteiger partial charge in [0.1, 0.15) is 0 Å². The lowest BCUT2D eigenvalue weighted by Crippen LogP contribution is -2.36.